The molecule has 19 heavy (non-hydrogen) atoms. The number of anilines is 1. The fourth-order valence-corrected chi connectivity index (χ4v) is 2.65. The molecule has 1 aliphatic carbocycles. The Bertz CT molecular complexity index is 432. The molecular weight excluding hydrogens is 256 g/mol. The highest BCUT2D eigenvalue weighted by atomic mass is 32.2. The van der Waals surface area contributed by atoms with Crippen LogP contribution in [0, 0.1) is 5.92 Å². The first-order valence-corrected chi connectivity index (χ1v) is 8.16. The van der Waals surface area contributed by atoms with Crippen molar-refractivity contribution in [2.45, 2.75) is 31.1 Å². The Hall–Kier alpha value is -1.16. The molecule has 1 N–H and O–H groups in total. The molecule has 0 radical (unpaired) electrons. The van der Waals surface area contributed by atoms with Crippen LogP contribution in [0.2, 0.25) is 0 Å². The molecule has 0 unspecified atom stereocenters. The molecule has 2 rings (SSSR count). The van der Waals surface area contributed by atoms with Crippen molar-refractivity contribution in [3.63, 3.8) is 0 Å². The zero-order valence-corrected chi connectivity index (χ0v) is 12.5. The lowest BCUT2D eigenvalue weighted by Crippen LogP contribution is -2.37. The molecule has 1 fully saturated rings. The Labute approximate surface area is 119 Å². The second-order valence-corrected chi connectivity index (χ2v) is 5.87. The van der Waals surface area contributed by atoms with Gasteiger partial charge in [0.25, 0.3) is 0 Å². The highest BCUT2D eigenvalue weighted by Crippen LogP contribution is 2.30. The summed E-state index contributed by atoms with van der Waals surface area (Å²) in [7, 11) is 0. The summed E-state index contributed by atoms with van der Waals surface area (Å²) >= 11 is 1.66. The van der Waals surface area contributed by atoms with E-state index in [-0.39, 0.29) is 6.03 Å². The van der Waals surface area contributed by atoms with E-state index in [4.69, 9.17) is 0 Å². The largest absolute Gasteiger partial charge is 0.324 e. The molecule has 104 valence electrons. The van der Waals surface area contributed by atoms with E-state index in [0.29, 0.717) is 0 Å². The van der Waals surface area contributed by atoms with Crippen LogP contribution in [-0.4, -0.2) is 30.3 Å². The Morgan fingerprint density at radius 2 is 2.16 bits per heavy atom. The summed E-state index contributed by atoms with van der Waals surface area (Å²) in [5.74, 6) is 0.730. The second-order valence-electron chi connectivity index (χ2n) is 5.02. The predicted molar refractivity (Wildman–Crippen MR) is 81.8 cm³/mol. The average Bonchev–Trinajstić information content (AvgIpc) is 3.23. The Morgan fingerprint density at radius 1 is 1.42 bits per heavy atom. The number of hydrogen-bond acceptors (Lipinski definition) is 2. The van der Waals surface area contributed by atoms with Crippen molar-refractivity contribution >= 4 is 23.5 Å². The Morgan fingerprint density at radius 3 is 2.79 bits per heavy atom. The molecular formula is C15H22N2OS. The molecule has 3 nitrogen and oxygen atoms in total. The number of carbonyl (C=O) groups excluding carboxylic acids is 1. The Balaban J connectivity index is 2.00. The van der Waals surface area contributed by atoms with Crippen LogP contribution >= 0.6 is 11.8 Å². The summed E-state index contributed by atoms with van der Waals surface area (Å²) in [6.07, 6.45) is 5.58. The van der Waals surface area contributed by atoms with E-state index in [0.717, 1.165) is 36.0 Å². The van der Waals surface area contributed by atoms with Gasteiger partial charge >= 0.3 is 6.03 Å². The maximum absolute atomic E-state index is 12.3. The van der Waals surface area contributed by atoms with E-state index in [1.807, 2.05) is 35.4 Å². The van der Waals surface area contributed by atoms with Gasteiger partial charge in [0, 0.05) is 18.0 Å². The number of benzene rings is 1. The number of amides is 2. The number of carbonyl (C=O) groups is 1. The topological polar surface area (TPSA) is 32.3 Å². The average molecular weight is 278 g/mol. The van der Waals surface area contributed by atoms with Crippen molar-refractivity contribution in [1.82, 2.24) is 4.90 Å². The molecule has 1 aromatic carbocycles. The minimum absolute atomic E-state index is 0.0373. The van der Waals surface area contributed by atoms with Gasteiger partial charge in [-0.05, 0) is 43.6 Å². The SMILES string of the molecule is CCCN(CC1CC1)C(=O)Nc1ccccc1SC. The van der Waals surface area contributed by atoms with Gasteiger partial charge < -0.3 is 10.2 Å². The van der Waals surface area contributed by atoms with Gasteiger partial charge in [0.2, 0.25) is 0 Å². The fourth-order valence-electron chi connectivity index (χ4n) is 2.10. The molecule has 1 aliphatic rings. The molecule has 2 amide bonds. The summed E-state index contributed by atoms with van der Waals surface area (Å²) in [5.41, 5.74) is 0.914. The summed E-state index contributed by atoms with van der Waals surface area (Å²) < 4.78 is 0. The lowest BCUT2D eigenvalue weighted by molar-refractivity contribution is 0.209. The van der Waals surface area contributed by atoms with E-state index in [1.54, 1.807) is 11.8 Å². The third-order valence-electron chi connectivity index (χ3n) is 3.30. The van der Waals surface area contributed by atoms with Crippen LogP contribution in [0.1, 0.15) is 26.2 Å². The van der Waals surface area contributed by atoms with Gasteiger partial charge in [-0.25, -0.2) is 4.79 Å². The lowest BCUT2D eigenvalue weighted by Gasteiger charge is -2.23. The summed E-state index contributed by atoms with van der Waals surface area (Å²) in [6, 6.07) is 7.99. The Kier molecular flexibility index (Phi) is 5.14. The summed E-state index contributed by atoms with van der Waals surface area (Å²) in [4.78, 5) is 15.4. The molecule has 0 saturated heterocycles. The molecule has 4 heteroatoms. The van der Waals surface area contributed by atoms with Crippen molar-refractivity contribution in [3.05, 3.63) is 24.3 Å². The van der Waals surface area contributed by atoms with E-state index >= 15 is 0 Å². The van der Waals surface area contributed by atoms with Crippen molar-refractivity contribution in [3.8, 4) is 0 Å². The van der Waals surface area contributed by atoms with Gasteiger partial charge in [-0.2, -0.15) is 0 Å². The summed E-state index contributed by atoms with van der Waals surface area (Å²) in [5, 5.41) is 3.05. The lowest BCUT2D eigenvalue weighted by atomic mass is 10.3. The predicted octanol–water partition coefficient (Wildman–Crippen LogP) is 4.06. The maximum Gasteiger partial charge on any atom is 0.321 e. The normalized spacial score (nSPS) is 14.2. The zero-order chi connectivity index (χ0) is 13.7. The van der Waals surface area contributed by atoms with Crippen molar-refractivity contribution in [2.24, 2.45) is 5.92 Å². The van der Waals surface area contributed by atoms with E-state index in [2.05, 4.69) is 12.2 Å². The van der Waals surface area contributed by atoms with Gasteiger partial charge in [0.15, 0.2) is 0 Å². The van der Waals surface area contributed by atoms with Crippen LogP contribution in [0.5, 0.6) is 0 Å². The number of nitrogens with one attached hydrogen (secondary N) is 1. The van der Waals surface area contributed by atoms with Crippen LogP contribution in [-0.2, 0) is 0 Å². The van der Waals surface area contributed by atoms with Crippen LogP contribution < -0.4 is 5.32 Å². The summed E-state index contributed by atoms with van der Waals surface area (Å²) in [6.45, 7) is 3.86. The number of nitrogens with zero attached hydrogens (tertiary/aromatic N) is 1. The van der Waals surface area contributed by atoms with Gasteiger partial charge in [0.1, 0.15) is 0 Å². The highest BCUT2D eigenvalue weighted by molar-refractivity contribution is 7.98. The first kappa shape index (κ1) is 14.3. The quantitative estimate of drug-likeness (QED) is 0.796. The van der Waals surface area contributed by atoms with Gasteiger partial charge in [-0.15, -0.1) is 11.8 Å². The van der Waals surface area contributed by atoms with Crippen LogP contribution in [0.3, 0.4) is 0 Å². The number of para-hydroxylation sites is 1. The molecule has 0 aliphatic heterocycles. The number of thioether (sulfide) groups is 1. The minimum Gasteiger partial charge on any atom is -0.324 e. The third kappa shape index (κ3) is 4.16. The van der Waals surface area contributed by atoms with Gasteiger partial charge in [0.05, 0.1) is 5.69 Å². The van der Waals surface area contributed by atoms with E-state index in [1.165, 1.54) is 12.8 Å². The molecule has 0 atom stereocenters. The van der Waals surface area contributed by atoms with E-state index in [9.17, 15) is 4.79 Å². The number of rotatable bonds is 6. The monoisotopic (exact) mass is 278 g/mol. The van der Waals surface area contributed by atoms with Crippen LogP contribution in [0.4, 0.5) is 10.5 Å². The second kappa shape index (κ2) is 6.85. The van der Waals surface area contributed by atoms with Crippen molar-refractivity contribution in [2.75, 3.05) is 24.7 Å². The number of urea groups is 1. The fraction of sp³-hybridized carbons (Fsp3) is 0.533. The first-order valence-electron chi connectivity index (χ1n) is 6.93. The highest BCUT2D eigenvalue weighted by Gasteiger charge is 2.26. The maximum atomic E-state index is 12.3. The van der Waals surface area contributed by atoms with Gasteiger partial charge in [-0.3, -0.25) is 0 Å². The standard InChI is InChI=1S/C15H22N2OS/c1-3-10-17(11-12-8-9-12)15(18)16-13-6-4-5-7-14(13)19-2/h4-7,12H,3,8-11H2,1-2H3,(H,16,18). The smallest absolute Gasteiger partial charge is 0.321 e. The number of hydrogen-bond donors (Lipinski definition) is 1. The van der Waals surface area contributed by atoms with E-state index < -0.39 is 0 Å². The molecule has 1 saturated carbocycles. The van der Waals surface area contributed by atoms with Crippen LogP contribution in [0.25, 0.3) is 0 Å². The minimum atomic E-state index is 0.0373. The third-order valence-corrected chi connectivity index (χ3v) is 4.10. The van der Waals surface area contributed by atoms with Crippen molar-refractivity contribution in [1.29, 1.82) is 0 Å². The molecule has 0 bridgehead atoms. The molecule has 0 spiro atoms. The molecule has 1 aromatic rings. The van der Waals surface area contributed by atoms with Gasteiger partial charge in [-0.1, -0.05) is 19.1 Å². The van der Waals surface area contributed by atoms with Crippen LogP contribution in [0.15, 0.2) is 29.2 Å². The molecule has 0 heterocycles. The zero-order valence-electron chi connectivity index (χ0n) is 11.7. The van der Waals surface area contributed by atoms with Crippen molar-refractivity contribution < 1.29 is 4.79 Å². The molecule has 0 aromatic heterocycles. The first-order chi connectivity index (χ1) is 9.24.